The number of thiazole rings is 1. The molecule has 2 aromatic heterocycles. The second kappa shape index (κ2) is 6.11. The molecule has 0 saturated carbocycles. The van der Waals surface area contributed by atoms with Crippen molar-refractivity contribution in [2.24, 2.45) is 0 Å². The standard InChI is InChI=1S/C13H20N4S/c1-9(13-10(2)17-11(3)18-13)14-6-4-5-12-15-7-8-16-12/h7-9,14H,4-6H2,1-3H3,(H,15,16). The van der Waals surface area contributed by atoms with Gasteiger partial charge in [-0.15, -0.1) is 11.3 Å². The summed E-state index contributed by atoms with van der Waals surface area (Å²) in [5.74, 6) is 1.06. The molecule has 2 N–H and O–H groups in total. The molecule has 18 heavy (non-hydrogen) atoms. The maximum absolute atomic E-state index is 4.46. The van der Waals surface area contributed by atoms with Crippen LogP contribution in [0.25, 0.3) is 0 Å². The minimum Gasteiger partial charge on any atom is -0.349 e. The van der Waals surface area contributed by atoms with Crippen molar-refractivity contribution in [2.45, 2.75) is 39.7 Å². The minimum atomic E-state index is 0.382. The normalized spacial score (nSPS) is 12.8. The first-order valence-electron chi connectivity index (χ1n) is 6.32. The number of H-pyrrole nitrogens is 1. The molecule has 0 fully saturated rings. The Morgan fingerprint density at radius 1 is 1.44 bits per heavy atom. The maximum atomic E-state index is 4.46. The van der Waals surface area contributed by atoms with Gasteiger partial charge in [-0.1, -0.05) is 0 Å². The fourth-order valence-corrected chi connectivity index (χ4v) is 3.00. The number of hydrogen-bond acceptors (Lipinski definition) is 4. The van der Waals surface area contributed by atoms with Gasteiger partial charge in [0.1, 0.15) is 5.82 Å². The maximum Gasteiger partial charge on any atom is 0.106 e. The first-order chi connectivity index (χ1) is 8.66. The van der Waals surface area contributed by atoms with Gasteiger partial charge in [-0.05, 0) is 33.7 Å². The van der Waals surface area contributed by atoms with Gasteiger partial charge in [-0.3, -0.25) is 0 Å². The van der Waals surface area contributed by atoms with Gasteiger partial charge < -0.3 is 10.3 Å². The van der Waals surface area contributed by atoms with E-state index in [1.807, 2.05) is 6.20 Å². The molecule has 0 radical (unpaired) electrons. The molecule has 0 saturated heterocycles. The van der Waals surface area contributed by atoms with Gasteiger partial charge in [0, 0.05) is 29.7 Å². The molecule has 0 aliphatic carbocycles. The van der Waals surface area contributed by atoms with E-state index in [1.54, 1.807) is 17.5 Å². The number of hydrogen-bond donors (Lipinski definition) is 2. The molecule has 0 spiro atoms. The van der Waals surface area contributed by atoms with Crippen molar-refractivity contribution in [3.63, 3.8) is 0 Å². The lowest BCUT2D eigenvalue weighted by Gasteiger charge is -2.12. The molecule has 0 bridgehead atoms. The van der Waals surface area contributed by atoms with Crippen LogP contribution in [0.2, 0.25) is 0 Å². The summed E-state index contributed by atoms with van der Waals surface area (Å²) in [7, 11) is 0. The summed E-state index contributed by atoms with van der Waals surface area (Å²) in [4.78, 5) is 13.2. The van der Waals surface area contributed by atoms with Crippen molar-refractivity contribution in [1.29, 1.82) is 0 Å². The summed E-state index contributed by atoms with van der Waals surface area (Å²) < 4.78 is 0. The molecular weight excluding hydrogens is 244 g/mol. The van der Waals surface area contributed by atoms with E-state index in [1.165, 1.54) is 4.88 Å². The van der Waals surface area contributed by atoms with Crippen molar-refractivity contribution in [2.75, 3.05) is 6.54 Å². The summed E-state index contributed by atoms with van der Waals surface area (Å²) in [6.07, 6.45) is 5.76. The molecule has 4 nitrogen and oxygen atoms in total. The van der Waals surface area contributed by atoms with E-state index in [0.29, 0.717) is 6.04 Å². The highest BCUT2D eigenvalue weighted by molar-refractivity contribution is 7.11. The first-order valence-corrected chi connectivity index (χ1v) is 7.14. The SMILES string of the molecule is Cc1nc(C)c(C(C)NCCCc2ncc[nH]2)s1. The molecular formula is C13H20N4S. The molecule has 2 rings (SSSR count). The third-order valence-corrected chi connectivity index (χ3v) is 4.18. The van der Waals surface area contributed by atoms with E-state index < -0.39 is 0 Å². The summed E-state index contributed by atoms with van der Waals surface area (Å²) in [5, 5.41) is 4.69. The Balaban J connectivity index is 1.75. The van der Waals surface area contributed by atoms with Gasteiger partial charge in [0.15, 0.2) is 0 Å². The Hall–Kier alpha value is -1.20. The van der Waals surface area contributed by atoms with Crippen molar-refractivity contribution >= 4 is 11.3 Å². The van der Waals surface area contributed by atoms with E-state index in [4.69, 9.17) is 0 Å². The van der Waals surface area contributed by atoms with Gasteiger partial charge in [-0.25, -0.2) is 9.97 Å². The van der Waals surface area contributed by atoms with Crippen molar-refractivity contribution in [3.05, 3.63) is 33.8 Å². The van der Waals surface area contributed by atoms with Crippen LogP contribution >= 0.6 is 11.3 Å². The summed E-state index contributed by atoms with van der Waals surface area (Å²) in [6, 6.07) is 0.382. The Bertz CT molecular complexity index is 475. The number of aryl methyl sites for hydroxylation is 3. The first kappa shape index (κ1) is 13.2. The largest absolute Gasteiger partial charge is 0.349 e. The molecule has 1 atom stereocenters. The van der Waals surface area contributed by atoms with Gasteiger partial charge >= 0.3 is 0 Å². The molecule has 0 aliphatic heterocycles. The average molecular weight is 264 g/mol. The van der Waals surface area contributed by atoms with Gasteiger partial charge in [0.25, 0.3) is 0 Å². The van der Waals surface area contributed by atoms with E-state index in [2.05, 4.69) is 41.0 Å². The Morgan fingerprint density at radius 3 is 2.89 bits per heavy atom. The number of aromatic nitrogens is 3. The number of imidazole rings is 1. The Morgan fingerprint density at radius 2 is 2.28 bits per heavy atom. The zero-order chi connectivity index (χ0) is 13.0. The molecule has 0 aliphatic rings. The fourth-order valence-electron chi connectivity index (χ4n) is 2.05. The van der Waals surface area contributed by atoms with E-state index in [-0.39, 0.29) is 0 Å². The van der Waals surface area contributed by atoms with E-state index >= 15 is 0 Å². The van der Waals surface area contributed by atoms with Crippen LogP contribution < -0.4 is 5.32 Å². The molecule has 0 amide bonds. The lowest BCUT2D eigenvalue weighted by atomic mass is 10.2. The second-order valence-electron chi connectivity index (χ2n) is 4.50. The fraction of sp³-hybridized carbons (Fsp3) is 0.538. The van der Waals surface area contributed by atoms with E-state index in [9.17, 15) is 0 Å². The van der Waals surface area contributed by atoms with Crippen LogP contribution in [-0.4, -0.2) is 21.5 Å². The van der Waals surface area contributed by atoms with Gasteiger partial charge in [0.05, 0.1) is 10.7 Å². The summed E-state index contributed by atoms with van der Waals surface area (Å²) in [5.41, 5.74) is 1.16. The quantitative estimate of drug-likeness (QED) is 0.789. The Labute approximate surface area is 112 Å². The average Bonchev–Trinajstić information content (AvgIpc) is 2.94. The summed E-state index contributed by atoms with van der Waals surface area (Å²) >= 11 is 1.79. The van der Waals surface area contributed by atoms with Gasteiger partial charge in [-0.2, -0.15) is 0 Å². The van der Waals surface area contributed by atoms with Crippen LogP contribution in [0.5, 0.6) is 0 Å². The zero-order valence-corrected chi connectivity index (χ0v) is 12.0. The lowest BCUT2D eigenvalue weighted by Crippen LogP contribution is -2.20. The van der Waals surface area contributed by atoms with Crippen molar-refractivity contribution in [1.82, 2.24) is 20.3 Å². The van der Waals surface area contributed by atoms with Crippen molar-refractivity contribution in [3.8, 4) is 0 Å². The predicted molar refractivity (Wildman–Crippen MR) is 74.9 cm³/mol. The van der Waals surface area contributed by atoms with Gasteiger partial charge in [0.2, 0.25) is 0 Å². The number of aromatic amines is 1. The smallest absolute Gasteiger partial charge is 0.106 e. The molecule has 5 heteroatoms. The van der Waals surface area contributed by atoms with Crippen LogP contribution in [0.1, 0.15) is 40.8 Å². The predicted octanol–water partition coefficient (Wildman–Crippen LogP) is 2.77. The monoisotopic (exact) mass is 264 g/mol. The molecule has 0 aromatic carbocycles. The zero-order valence-electron chi connectivity index (χ0n) is 11.2. The van der Waals surface area contributed by atoms with Crippen LogP contribution in [0.3, 0.4) is 0 Å². The third-order valence-electron chi connectivity index (χ3n) is 2.93. The lowest BCUT2D eigenvalue weighted by molar-refractivity contribution is 0.559. The number of nitrogens with zero attached hydrogens (tertiary/aromatic N) is 2. The topological polar surface area (TPSA) is 53.6 Å². The molecule has 98 valence electrons. The second-order valence-corrected chi connectivity index (χ2v) is 5.73. The van der Waals surface area contributed by atoms with Crippen LogP contribution in [0.4, 0.5) is 0 Å². The molecule has 2 aromatic rings. The Kier molecular flexibility index (Phi) is 4.49. The highest BCUT2D eigenvalue weighted by atomic mass is 32.1. The highest BCUT2D eigenvalue weighted by Crippen LogP contribution is 2.24. The minimum absolute atomic E-state index is 0.382. The van der Waals surface area contributed by atoms with E-state index in [0.717, 1.165) is 35.9 Å². The van der Waals surface area contributed by atoms with Crippen LogP contribution in [0.15, 0.2) is 12.4 Å². The highest BCUT2D eigenvalue weighted by Gasteiger charge is 2.11. The van der Waals surface area contributed by atoms with Crippen molar-refractivity contribution < 1.29 is 0 Å². The third kappa shape index (κ3) is 3.40. The van der Waals surface area contributed by atoms with Crippen LogP contribution in [0, 0.1) is 13.8 Å². The summed E-state index contributed by atoms with van der Waals surface area (Å²) in [6.45, 7) is 7.34. The molecule has 2 heterocycles. The number of rotatable bonds is 6. The number of nitrogens with one attached hydrogen (secondary N) is 2. The van der Waals surface area contributed by atoms with Crippen LogP contribution in [-0.2, 0) is 6.42 Å². The molecule has 1 unspecified atom stereocenters.